The van der Waals surface area contributed by atoms with Crippen molar-refractivity contribution in [2.45, 2.75) is 26.2 Å². The minimum atomic E-state index is -4.97. The molecule has 0 unspecified atom stereocenters. The summed E-state index contributed by atoms with van der Waals surface area (Å²) in [7, 11) is 0. The minimum Gasteiger partial charge on any atom is -0.368 e. The number of halogens is 7. The highest BCUT2D eigenvalue weighted by molar-refractivity contribution is 6.30. The predicted molar refractivity (Wildman–Crippen MR) is 76.4 cm³/mol. The molecule has 0 atom stereocenters. The molecular weight excluding hydrogens is 360 g/mol. The summed E-state index contributed by atoms with van der Waals surface area (Å²) in [5.41, 5.74) is 1.51. The Labute approximate surface area is 137 Å². The summed E-state index contributed by atoms with van der Waals surface area (Å²) >= 11 is 5.53. The zero-order chi connectivity index (χ0) is 18.4. The number of alkyl halides is 6. The number of hydrogen-bond donors (Lipinski definition) is 1. The molecule has 0 saturated carbocycles. The lowest BCUT2D eigenvalue weighted by Crippen LogP contribution is -2.15. The first-order chi connectivity index (χ1) is 10.8. The van der Waals surface area contributed by atoms with Gasteiger partial charge in [0.05, 0.1) is 11.3 Å². The number of aryl methyl sites for hydroxylation is 1. The fourth-order valence-corrected chi connectivity index (χ4v) is 2.68. The second-order valence-corrected chi connectivity index (χ2v) is 5.38. The fraction of sp³-hybridized carbons (Fsp3) is 0.286. The molecule has 0 amide bonds. The Morgan fingerprint density at radius 2 is 1.54 bits per heavy atom. The van der Waals surface area contributed by atoms with Crippen LogP contribution in [-0.4, -0.2) is 9.97 Å². The summed E-state index contributed by atoms with van der Waals surface area (Å²) in [5.74, 6) is -0.570. The van der Waals surface area contributed by atoms with Crippen LogP contribution in [0, 0.1) is 13.8 Å². The van der Waals surface area contributed by atoms with E-state index in [-0.39, 0.29) is 11.1 Å². The molecule has 1 heterocycles. The van der Waals surface area contributed by atoms with Gasteiger partial charge in [-0.1, -0.05) is 17.7 Å². The van der Waals surface area contributed by atoms with Crippen molar-refractivity contribution in [2.75, 3.05) is 5.73 Å². The van der Waals surface area contributed by atoms with Crippen LogP contribution in [0.25, 0.3) is 11.3 Å². The Hall–Kier alpha value is -2.03. The Balaban J connectivity index is 2.93. The van der Waals surface area contributed by atoms with Gasteiger partial charge in [-0.2, -0.15) is 26.3 Å². The molecule has 0 radical (unpaired) electrons. The first-order valence-electron chi connectivity index (χ1n) is 6.42. The van der Waals surface area contributed by atoms with Gasteiger partial charge in [0.2, 0.25) is 5.95 Å². The van der Waals surface area contributed by atoms with E-state index in [4.69, 9.17) is 17.3 Å². The Bertz CT molecular complexity index is 799. The highest BCUT2D eigenvalue weighted by Gasteiger charge is 2.40. The van der Waals surface area contributed by atoms with E-state index in [0.717, 1.165) is 19.1 Å². The number of nitrogens with two attached hydrogens (primary N) is 1. The van der Waals surface area contributed by atoms with E-state index in [0.29, 0.717) is 0 Å². The van der Waals surface area contributed by atoms with Crippen LogP contribution in [0.4, 0.5) is 32.3 Å². The van der Waals surface area contributed by atoms with Crippen LogP contribution in [0.3, 0.4) is 0 Å². The molecule has 0 aliphatic carbocycles. The van der Waals surface area contributed by atoms with Gasteiger partial charge >= 0.3 is 12.4 Å². The maximum Gasteiger partial charge on any atom is 0.421 e. The second-order valence-electron chi connectivity index (χ2n) is 5.02. The lowest BCUT2D eigenvalue weighted by atomic mass is 9.93. The van der Waals surface area contributed by atoms with Crippen molar-refractivity contribution in [1.29, 1.82) is 0 Å². The maximum atomic E-state index is 13.3. The van der Waals surface area contributed by atoms with Gasteiger partial charge in [0.15, 0.2) is 0 Å². The number of aromatic nitrogens is 2. The van der Waals surface area contributed by atoms with E-state index < -0.39 is 45.8 Å². The Morgan fingerprint density at radius 1 is 0.958 bits per heavy atom. The van der Waals surface area contributed by atoms with E-state index in [1.54, 1.807) is 0 Å². The molecule has 2 N–H and O–H groups in total. The standard InChI is InChI=1S/C14H10ClF6N3/c1-5-3-4-7(13(16,17)18)6(2)8(5)10-9(14(19,20)21)11(15)24-12(22)23-10/h3-4H,1-2H3,(H2,22,23,24). The molecule has 130 valence electrons. The molecular formula is C14H10ClF6N3. The number of hydrogen-bond acceptors (Lipinski definition) is 3. The third-order valence-electron chi connectivity index (χ3n) is 3.38. The Kier molecular flexibility index (Phi) is 4.43. The Morgan fingerprint density at radius 3 is 2.04 bits per heavy atom. The van der Waals surface area contributed by atoms with Crippen molar-refractivity contribution in [3.8, 4) is 11.3 Å². The summed E-state index contributed by atoms with van der Waals surface area (Å²) < 4.78 is 79.1. The number of rotatable bonds is 1. The van der Waals surface area contributed by atoms with Crippen molar-refractivity contribution in [2.24, 2.45) is 0 Å². The summed E-state index contributed by atoms with van der Waals surface area (Å²) in [4.78, 5) is 6.76. The molecule has 1 aromatic carbocycles. The van der Waals surface area contributed by atoms with E-state index >= 15 is 0 Å². The van der Waals surface area contributed by atoms with Crippen LogP contribution in [0.1, 0.15) is 22.3 Å². The topological polar surface area (TPSA) is 51.8 Å². The highest BCUT2D eigenvalue weighted by atomic mass is 35.5. The molecule has 3 nitrogen and oxygen atoms in total. The molecule has 0 aliphatic rings. The quantitative estimate of drug-likeness (QED) is 0.566. The van der Waals surface area contributed by atoms with E-state index in [9.17, 15) is 26.3 Å². The minimum absolute atomic E-state index is 0.167. The molecule has 0 fully saturated rings. The van der Waals surface area contributed by atoms with Gasteiger partial charge in [-0.05, 0) is 31.0 Å². The third-order valence-corrected chi connectivity index (χ3v) is 3.65. The number of anilines is 1. The van der Waals surface area contributed by atoms with Crippen LogP contribution in [0.2, 0.25) is 5.15 Å². The summed E-state index contributed by atoms with van der Waals surface area (Å²) in [6.45, 7) is 2.44. The SMILES string of the molecule is Cc1ccc(C(F)(F)F)c(C)c1-c1nc(N)nc(Cl)c1C(F)(F)F. The van der Waals surface area contributed by atoms with E-state index in [1.807, 2.05) is 0 Å². The van der Waals surface area contributed by atoms with Crippen molar-refractivity contribution in [1.82, 2.24) is 9.97 Å². The van der Waals surface area contributed by atoms with Crippen LogP contribution in [-0.2, 0) is 12.4 Å². The van der Waals surface area contributed by atoms with Gasteiger partial charge in [-0.15, -0.1) is 0 Å². The second kappa shape index (κ2) is 5.80. The largest absolute Gasteiger partial charge is 0.421 e. The highest BCUT2D eigenvalue weighted by Crippen LogP contribution is 2.44. The van der Waals surface area contributed by atoms with Gasteiger partial charge in [0, 0.05) is 5.56 Å². The van der Waals surface area contributed by atoms with Crippen LogP contribution in [0.15, 0.2) is 12.1 Å². The van der Waals surface area contributed by atoms with E-state index in [2.05, 4.69) is 9.97 Å². The average molecular weight is 370 g/mol. The molecule has 0 spiro atoms. The lowest BCUT2D eigenvalue weighted by Gasteiger charge is -2.19. The van der Waals surface area contributed by atoms with Crippen molar-refractivity contribution < 1.29 is 26.3 Å². The maximum absolute atomic E-state index is 13.3. The molecule has 0 aliphatic heterocycles. The zero-order valence-electron chi connectivity index (χ0n) is 12.3. The van der Waals surface area contributed by atoms with Gasteiger partial charge in [0.25, 0.3) is 0 Å². The van der Waals surface area contributed by atoms with Gasteiger partial charge in [-0.25, -0.2) is 9.97 Å². The fourth-order valence-electron chi connectivity index (χ4n) is 2.40. The van der Waals surface area contributed by atoms with Crippen LogP contribution < -0.4 is 5.73 Å². The molecule has 2 aromatic rings. The predicted octanol–water partition coefficient (Wildman–Crippen LogP) is 5.03. The molecule has 24 heavy (non-hydrogen) atoms. The normalized spacial score (nSPS) is 12.5. The molecule has 0 saturated heterocycles. The first kappa shape index (κ1) is 18.3. The summed E-state index contributed by atoms with van der Waals surface area (Å²) in [6.07, 6.45) is -9.69. The number of benzene rings is 1. The van der Waals surface area contributed by atoms with E-state index in [1.165, 1.54) is 6.92 Å². The van der Waals surface area contributed by atoms with Crippen LogP contribution >= 0.6 is 11.6 Å². The zero-order valence-corrected chi connectivity index (χ0v) is 13.0. The monoisotopic (exact) mass is 369 g/mol. The average Bonchev–Trinajstić information content (AvgIpc) is 2.34. The van der Waals surface area contributed by atoms with Crippen LogP contribution in [0.5, 0.6) is 0 Å². The van der Waals surface area contributed by atoms with Gasteiger partial charge < -0.3 is 5.73 Å². The van der Waals surface area contributed by atoms with Gasteiger partial charge in [-0.3, -0.25) is 0 Å². The van der Waals surface area contributed by atoms with Crippen molar-refractivity contribution in [3.05, 3.63) is 39.5 Å². The third kappa shape index (κ3) is 3.26. The van der Waals surface area contributed by atoms with Crippen molar-refractivity contribution in [3.63, 3.8) is 0 Å². The smallest absolute Gasteiger partial charge is 0.368 e. The summed E-state index contributed by atoms with van der Waals surface area (Å²) in [5, 5.41) is -0.971. The number of nitrogens with zero attached hydrogens (tertiary/aromatic N) is 2. The van der Waals surface area contributed by atoms with Gasteiger partial charge in [0.1, 0.15) is 10.7 Å². The lowest BCUT2D eigenvalue weighted by molar-refractivity contribution is -0.138. The van der Waals surface area contributed by atoms with Crippen molar-refractivity contribution >= 4 is 17.5 Å². The molecule has 10 heteroatoms. The molecule has 1 aromatic heterocycles. The number of nitrogen functional groups attached to an aromatic ring is 1. The summed E-state index contributed by atoms with van der Waals surface area (Å²) in [6, 6.07) is 1.87. The first-order valence-corrected chi connectivity index (χ1v) is 6.79. The molecule has 0 bridgehead atoms. The molecule has 2 rings (SSSR count).